The van der Waals surface area contributed by atoms with Crippen molar-refractivity contribution in [2.24, 2.45) is 0 Å². The summed E-state index contributed by atoms with van der Waals surface area (Å²) >= 11 is 5.91. The van der Waals surface area contributed by atoms with E-state index in [4.69, 9.17) is 21.6 Å². The van der Waals surface area contributed by atoms with Gasteiger partial charge >= 0.3 is 6.18 Å². The van der Waals surface area contributed by atoms with E-state index >= 15 is 0 Å². The van der Waals surface area contributed by atoms with Crippen molar-refractivity contribution in [1.82, 2.24) is 25.4 Å². The number of hydrazine groups is 1. The van der Waals surface area contributed by atoms with E-state index in [2.05, 4.69) is 20.8 Å². The first-order valence-corrected chi connectivity index (χ1v) is 10.9. The van der Waals surface area contributed by atoms with Crippen LogP contribution in [0.5, 0.6) is 11.5 Å². The van der Waals surface area contributed by atoms with Gasteiger partial charge in [-0.15, -0.1) is 0 Å². The molecular formula is C23H18ClF3N6O3. The molecule has 0 bridgehead atoms. The van der Waals surface area contributed by atoms with Gasteiger partial charge in [0.25, 0.3) is 5.56 Å². The molecule has 2 atom stereocenters. The van der Waals surface area contributed by atoms with Crippen molar-refractivity contribution in [3.8, 4) is 17.6 Å². The molecule has 1 amide bonds. The fraction of sp³-hybridized carbons (Fsp3) is 0.261. The summed E-state index contributed by atoms with van der Waals surface area (Å²) in [6, 6.07) is 6.74. The second-order valence-electron chi connectivity index (χ2n) is 8.18. The molecule has 36 heavy (non-hydrogen) atoms. The number of amides is 1. The lowest BCUT2D eigenvalue weighted by Gasteiger charge is -2.30. The number of alkyl halides is 3. The van der Waals surface area contributed by atoms with E-state index in [1.807, 2.05) is 19.1 Å². The number of nitrogens with one attached hydrogen (secondary N) is 2. The van der Waals surface area contributed by atoms with Crippen LogP contribution in [0.15, 0.2) is 47.8 Å². The van der Waals surface area contributed by atoms with E-state index in [0.29, 0.717) is 5.56 Å². The first-order valence-electron chi connectivity index (χ1n) is 10.6. The van der Waals surface area contributed by atoms with Crippen LogP contribution in [0.1, 0.15) is 34.7 Å². The molecule has 2 unspecified atom stereocenters. The number of ether oxygens (including phenoxy) is 1. The summed E-state index contributed by atoms with van der Waals surface area (Å²) in [5.74, 6) is -2.16. The summed E-state index contributed by atoms with van der Waals surface area (Å²) < 4.78 is 47.1. The third-order valence-corrected chi connectivity index (χ3v) is 5.66. The zero-order valence-corrected chi connectivity index (χ0v) is 19.4. The Morgan fingerprint density at radius 3 is 2.72 bits per heavy atom. The number of benzene rings is 1. The van der Waals surface area contributed by atoms with Crippen LogP contribution in [0.4, 0.5) is 13.2 Å². The molecule has 1 aliphatic heterocycles. The van der Waals surface area contributed by atoms with E-state index < -0.39 is 35.1 Å². The van der Waals surface area contributed by atoms with Crippen LogP contribution in [-0.4, -0.2) is 26.5 Å². The third kappa shape index (κ3) is 5.48. The number of aromatic nitrogens is 3. The second kappa shape index (κ2) is 9.96. The quantitative estimate of drug-likeness (QED) is 0.530. The number of pyridine rings is 1. The molecule has 1 aromatic carbocycles. The molecule has 3 heterocycles. The zero-order chi connectivity index (χ0) is 26.0. The number of rotatable bonds is 5. The van der Waals surface area contributed by atoms with Gasteiger partial charge in [-0.3, -0.25) is 24.6 Å². The van der Waals surface area contributed by atoms with Crippen LogP contribution in [-0.2, 0) is 17.5 Å². The lowest BCUT2D eigenvalue weighted by molar-refractivity contribution is -0.142. The van der Waals surface area contributed by atoms with Gasteiger partial charge in [0.2, 0.25) is 11.7 Å². The van der Waals surface area contributed by atoms with Crippen molar-refractivity contribution in [1.29, 1.82) is 5.26 Å². The summed E-state index contributed by atoms with van der Waals surface area (Å²) in [7, 11) is 0. The van der Waals surface area contributed by atoms with Crippen LogP contribution in [0, 0.1) is 18.3 Å². The highest BCUT2D eigenvalue weighted by Gasteiger charge is 2.39. The lowest BCUT2D eigenvalue weighted by atomic mass is 9.90. The molecule has 3 aromatic rings. The Hall–Kier alpha value is -3.95. The topological polar surface area (TPSA) is 122 Å². The minimum absolute atomic E-state index is 0.0362. The van der Waals surface area contributed by atoms with E-state index in [9.17, 15) is 22.8 Å². The van der Waals surface area contributed by atoms with Gasteiger partial charge in [0.05, 0.1) is 23.9 Å². The van der Waals surface area contributed by atoms with Crippen molar-refractivity contribution >= 4 is 17.5 Å². The largest absolute Gasteiger partial charge is 0.449 e. The number of halogens is 4. The monoisotopic (exact) mass is 518 g/mol. The van der Waals surface area contributed by atoms with Crippen molar-refractivity contribution in [3.63, 3.8) is 0 Å². The molecule has 0 radical (unpaired) electrons. The highest BCUT2D eigenvalue weighted by atomic mass is 35.5. The third-order valence-electron chi connectivity index (χ3n) is 5.44. The standard InChI is InChI=1S/C23H18ClF3N6O3/c1-12-2-14(9-29-8-12)18-6-16(31-32-21(18)34)10-33-11-30-20(23(25,26)27)19(22(33)35)36-17-4-13(7-28)3-15(24)5-17/h2-5,8-9,11,16,18,31H,6,10H2,1H3,(H,32,34). The van der Waals surface area contributed by atoms with E-state index in [1.54, 1.807) is 12.4 Å². The van der Waals surface area contributed by atoms with Crippen LogP contribution in [0.3, 0.4) is 0 Å². The summed E-state index contributed by atoms with van der Waals surface area (Å²) in [4.78, 5) is 33.0. The molecule has 13 heteroatoms. The number of hydrogen-bond donors (Lipinski definition) is 2. The molecule has 2 N–H and O–H groups in total. The van der Waals surface area contributed by atoms with Gasteiger partial charge in [0.15, 0.2) is 5.69 Å². The molecule has 1 aliphatic rings. The highest BCUT2D eigenvalue weighted by molar-refractivity contribution is 6.30. The Morgan fingerprint density at radius 1 is 1.25 bits per heavy atom. The van der Waals surface area contributed by atoms with E-state index in [1.165, 1.54) is 12.1 Å². The molecule has 1 saturated heterocycles. The Bertz CT molecular complexity index is 1420. The van der Waals surface area contributed by atoms with Gasteiger partial charge in [-0.05, 0) is 42.7 Å². The van der Waals surface area contributed by atoms with Crippen LogP contribution in [0.25, 0.3) is 0 Å². The maximum Gasteiger partial charge on any atom is 0.437 e. The highest BCUT2D eigenvalue weighted by Crippen LogP contribution is 2.35. The average Bonchev–Trinajstić information content (AvgIpc) is 2.81. The van der Waals surface area contributed by atoms with Crippen LogP contribution in [0.2, 0.25) is 5.02 Å². The van der Waals surface area contributed by atoms with Crippen molar-refractivity contribution < 1.29 is 22.7 Å². The molecular weight excluding hydrogens is 501 g/mol. The Labute approximate surface area is 207 Å². The number of nitriles is 1. The number of hydrogen-bond acceptors (Lipinski definition) is 7. The van der Waals surface area contributed by atoms with Gasteiger partial charge in [-0.25, -0.2) is 10.4 Å². The second-order valence-corrected chi connectivity index (χ2v) is 8.62. The number of carbonyl (C=O) groups is 1. The van der Waals surface area contributed by atoms with Gasteiger partial charge < -0.3 is 4.74 Å². The predicted octanol–water partition coefficient (Wildman–Crippen LogP) is 3.46. The molecule has 9 nitrogen and oxygen atoms in total. The summed E-state index contributed by atoms with van der Waals surface area (Å²) in [5.41, 5.74) is 4.27. The maximum atomic E-state index is 13.6. The normalized spacial score (nSPS) is 17.8. The average molecular weight is 519 g/mol. The predicted molar refractivity (Wildman–Crippen MR) is 121 cm³/mol. The first-order chi connectivity index (χ1) is 17.0. The molecule has 0 aliphatic carbocycles. The SMILES string of the molecule is Cc1cncc(C2CC(Cn3cnc(C(F)(F)F)c(Oc4cc(Cl)cc(C#N)c4)c3=O)NNC2=O)c1. The minimum Gasteiger partial charge on any atom is -0.449 e. The first kappa shape index (κ1) is 25.2. The Kier molecular flexibility index (Phi) is 6.96. The number of aryl methyl sites for hydroxylation is 1. The fourth-order valence-corrected chi connectivity index (χ4v) is 4.05. The van der Waals surface area contributed by atoms with Crippen LogP contribution >= 0.6 is 11.6 Å². The molecule has 1 fully saturated rings. The number of nitrogens with zero attached hydrogens (tertiary/aromatic N) is 4. The molecule has 0 spiro atoms. The van der Waals surface area contributed by atoms with Crippen LogP contribution < -0.4 is 21.1 Å². The smallest absolute Gasteiger partial charge is 0.437 e. The van der Waals surface area contributed by atoms with Gasteiger partial charge in [-0.2, -0.15) is 18.4 Å². The Morgan fingerprint density at radius 2 is 2.03 bits per heavy atom. The molecule has 186 valence electrons. The van der Waals surface area contributed by atoms with Gasteiger partial charge in [0, 0.05) is 30.0 Å². The lowest BCUT2D eigenvalue weighted by Crippen LogP contribution is -2.54. The van der Waals surface area contributed by atoms with E-state index in [0.717, 1.165) is 22.5 Å². The summed E-state index contributed by atoms with van der Waals surface area (Å²) in [5, 5.41) is 9.13. The zero-order valence-electron chi connectivity index (χ0n) is 18.6. The molecule has 0 saturated carbocycles. The minimum atomic E-state index is -4.98. The Balaban J connectivity index is 1.65. The van der Waals surface area contributed by atoms with Crippen molar-refractivity contribution in [2.45, 2.75) is 38.0 Å². The molecule has 4 rings (SSSR count). The number of carbonyl (C=O) groups excluding carboxylic acids is 1. The van der Waals surface area contributed by atoms with Crippen molar-refractivity contribution in [3.05, 3.63) is 80.7 Å². The van der Waals surface area contributed by atoms with Gasteiger partial charge in [0.1, 0.15) is 5.75 Å². The maximum absolute atomic E-state index is 13.6. The van der Waals surface area contributed by atoms with Crippen molar-refractivity contribution in [2.75, 3.05) is 0 Å². The van der Waals surface area contributed by atoms with Gasteiger partial charge in [-0.1, -0.05) is 17.7 Å². The van der Waals surface area contributed by atoms with E-state index in [-0.39, 0.29) is 35.2 Å². The summed E-state index contributed by atoms with van der Waals surface area (Å²) in [6.45, 7) is 1.72. The fourth-order valence-electron chi connectivity index (χ4n) is 3.82. The summed E-state index contributed by atoms with van der Waals surface area (Å²) in [6.07, 6.45) is -0.741. The molecule has 2 aromatic heterocycles.